The first-order chi connectivity index (χ1) is 9.99. The van der Waals surface area contributed by atoms with Gasteiger partial charge in [-0.25, -0.2) is 0 Å². The number of nitrogens with zero attached hydrogens (tertiary/aromatic N) is 2. The SMILES string of the molecule is CC(C)c1ccc(N=Cc2cccc([N+](=O)[O-])c2O)cc1. The van der Waals surface area contributed by atoms with Gasteiger partial charge < -0.3 is 5.11 Å². The highest BCUT2D eigenvalue weighted by Crippen LogP contribution is 2.28. The van der Waals surface area contributed by atoms with Crippen molar-refractivity contribution in [2.45, 2.75) is 19.8 Å². The highest BCUT2D eigenvalue weighted by Gasteiger charge is 2.14. The molecule has 0 unspecified atom stereocenters. The van der Waals surface area contributed by atoms with E-state index in [1.54, 1.807) is 6.07 Å². The quantitative estimate of drug-likeness (QED) is 0.520. The van der Waals surface area contributed by atoms with E-state index in [0.717, 1.165) is 5.69 Å². The molecule has 1 N–H and O–H groups in total. The third-order valence-corrected chi connectivity index (χ3v) is 3.16. The van der Waals surface area contributed by atoms with Gasteiger partial charge in [0.25, 0.3) is 0 Å². The van der Waals surface area contributed by atoms with Gasteiger partial charge in [0, 0.05) is 17.8 Å². The Morgan fingerprint density at radius 3 is 2.43 bits per heavy atom. The number of phenols is 1. The largest absolute Gasteiger partial charge is 0.502 e. The summed E-state index contributed by atoms with van der Waals surface area (Å²) < 4.78 is 0. The molecule has 0 bridgehead atoms. The molecule has 21 heavy (non-hydrogen) atoms. The van der Waals surface area contributed by atoms with E-state index in [2.05, 4.69) is 18.8 Å². The maximum atomic E-state index is 10.8. The van der Waals surface area contributed by atoms with Crippen LogP contribution in [0.25, 0.3) is 0 Å². The zero-order valence-electron chi connectivity index (χ0n) is 11.9. The second-order valence-electron chi connectivity index (χ2n) is 4.98. The molecule has 0 heterocycles. The lowest BCUT2D eigenvalue weighted by molar-refractivity contribution is -0.385. The first-order valence-corrected chi connectivity index (χ1v) is 6.59. The molecule has 0 aliphatic heterocycles. The average molecular weight is 284 g/mol. The molecule has 0 atom stereocenters. The molecule has 0 aliphatic carbocycles. The number of para-hydroxylation sites is 1. The summed E-state index contributed by atoms with van der Waals surface area (Å²) in [6, 6.07) is 12.1. The summed E-state index contributed by atoms with van der Waals surface area (Å²) in [4.78, 5) is 14.4. The van der Waals surface area contributed by atoms with Crippen LogP contribution < -0.4 is 0 Å². The predicted molar refractivity (Wildman–Crippen MR) is 82.5 cm³/mol. The summed E-state index contributed by atoms with van der Waals surface area (Å²) >= 11 is 0. The van der Waals surface area contributed by atoms with Gasteiger partial charge in [-0.1, -0.05) is 32.0 Å². The van der Waals surface area contributed by atoms with Crippen LogP contribution in [0.4, 0.5) is 11.4 Å². The number of benzene rings is 2. The Labute approximate surface area is 122 Å². The lowest BCUT2D eigenvalue weighted by atomic mass is 10.0. The Morgan fingerprint density at radius 1 is 1.19 bits per heavy atom. The molecule has 0 radical (unpaired) electrons. The Hall–Kier alpha value is -2.69. The molecule has 0 amide bonds. The van der Waals surface area contributed by atoms with Gasteiger partial charge in [0.1, 0.15) is 0 Å². The van der Waals surface area contributed by atoms with E-state index in [0.29, 0.717) is 11.5 Å². The van der Waals surface area contributed by atoms with Crippen LogP contribution >= 0.6 is 0 Å². The molecular weight excluding hydrogens is 268 g/mol. The molecule has 0 spiro atoms. The second-order valence-corrected chi connectivity index (χ2v) is 4.98. The van der Waals surface area contributed by atoms with Crippen LogP contribution in [0.2, 0.25) is 0 Å². The summed E-state index contributed by atoms with van der Waals surface area (Å²) in [7, 11) is 0. The van der Waals surface area contributed by atoms with E-state index in [1.807, 2.05) is 24.3 Å². The standard InChI is InChI=1S/C16H16N2O3/c1-11(2)12-6-8-14(9-7-12)17-10-13-4-3-5-15(16(13)19)18(20)21/h3-11,19H,1-2H3. The van der Waals surface area contributed by atoms with E-state index >= 15 is 0 Å². The summed E-state index contributed by atoms with van der Waals surface area (Å²) in [5, 5.41) is 20.6. The van der Waals surface area contributed by atoms with Crippen LogP contribution in [0.3, 0.4) is 0 Å². The van der Waals surface area contributed by atoms with E-state index in [4.69, 9.17) is 0 Å². The van der Waals surface area contributed by atoms with Crippen molar-refractivity contribution < 1.29 is 10.0 Å². The fourth-order valence-electron chi connectivity index (χ4n) is 1.89. The summed E-state index contributed by atoms with van der Waals surface area (Å²) in [5.41, 5.74) is 1.93. The fraction of sp³-hybridized carbons (Fsp3) is 0.188. The third kappa shape index (κ3) is 3.45. The summed E-state index contributed by atoms with van der Waals surface area (Å²) in [6.07, 6.45) is 1.42. The Balaban J connectivity index is 2.25. The number of rotatable bonds is 4. The molecule has 2 rings (SSSR count). The fourth-order valence-corrected chi connectivity index (χ4v) is 1.89. The Kier molecular flexibility index (Phi) is 4.33. The van der Waals surface area contributed by atoms with Crippen LogP contribution in [0.5, 0.6) is 5.75 Å². The first-order valence-electron chi connectivity index (χ1n) is 6.59. The van der Waals surface area contributed by atoms with E-state index < -0.39 is 4.92 Å². The van der Waals surface area contributed by atoms with E-state index in [-0.39, 0.29) is 11.4 Å². The lowest BCUT2D eigenvalue weighted by Gasteiger charge is -2.04. The number of nitro benzene ring substituents is 1. The molecule has 0 aromatic heterocycles. The van der Waals surface area contributed by atoms with Crippen molar-refractivity contribution in [2.75, 3.05) is 0 Å². The third-order valence-electron chi connectivity index (χ3n) is 3.16. The van der Waals surface area contributed by atoms with Gasteiger partial charge in [0.05, 0.1) is 10.6 Å². The van der Waals surface area contributed by atoms with Crippen molar-refractivity contribution in [3.8, 4) is 5.75 Å². The van der Waals surface area contributed by atoms with E-state index in [1.165, 1.54) is 23.9 Å². The average Bonchev–Trinajstić information content (AvgIpc) is 2.46. The van der Waals surface area contributed by atoms with Crippen LogP contribution in [-0.4, -0.2) is 16.2 Å². The topological polar surface area (TPSA) is 75.7 Å². The van der Waals surface area contributed by atoms with Crippen LogP contribution in [0.15, 0.2) is 47.5 Å². The molecule has 108 valence electrons. The van der Waals surface area contributed by atoms with Crippen molar-refractivity contribution in [3.63, 3.8) is 0 Å². The zero-order valence-corrected chi connectivity index (χ0v) is 11.9. The van der Waals surface area contributed by atoms with Crippen molar-refractivity contribution >= 4 is 17.6 Å². The van der Waals surface area contributed by atoms with Gasteiger partial charge in [-0.2, -0.15) is 0 Å². The number of nitro groups is 1. The van der Waals surface area contributed by atoms with Crippen LogP contribution in [-0.2, 0) is 0 Å². The summed E-state index contributed by atoms with van der Waals surface area (Å²) in [6.45, 7) is 4.22. The molecule has 0 fully saturated rings. The number of hydrogen-bond donors (Lipinski definition) is 1. The highest BCUT2D eigenvalue weighted by molar-refractivity contribution is 5.87. The Bertz CT molecular complexity index is 676. The molecule has 2 aromatic rings. The molecular formula is C16H16N2O3. The smallest absolute Gasteiger partial charge is 0.311 e. The number of phenolic OH excluding ortho intramolecular Hbond substituents is 1. The number of aliphatic imine (C=N–C) groups is 1. The number of aromatic hydroxyl groups is 1. The molecule has 5 heteroatoms. The number of hydrogen-bond acceptors (Lipinski definition) is 4. The van der Waals surface area contributed by atoms with Crippen molar-refractivity contribution in [1.82, 2.24) is 0 Å². The van der Waals surface area contributed by atoms with Gasteiger partial charge in [-0.05, 0) is 29.7 Å². The van der Waals surface area contributed by atoms with Crippen molar-refractivity contribution in [2.24, 2.45) is 4.99 Å². The van der Waals surface area contributed by atoms with Gasteiger partial charge in [0.2, 0.25) is 5.75 Å². The summed E-state index contributed by atoms with van der Waals surface area (Å²) in [5.74, 6) is 0.0777. The predicted octanol–water partition coefficient (Wildman–Crippen LogP) is 4.17. The minimum Gasteiger partial charge on any atom is -0.502 e. The highest BCUT2D eigenvalue weighted by atomic mass is 16.6. The minimum absolute atomic E-state index is 0.317. The molecule has 0 saturated carbocycles. The molecule has 0 aliphatic rings. The van der Waals surface area contributed by atoms with E-state index in [9.17, 15) is 15.2 Å². The molecule has 2 aromatic carbocycles. The molecule has 0 saturated heterocycles. The van der Waals surface area contributed by atoms with Gasteiger partial charge in [-0.15, -0.1) is 0 Å². The zero-order chi connectivity index (χ0) is 15.4. The Morgan fingerprint density at radius 2 is 1.86 bits per heavy atom. The minimum atomic E-state index is -0.621. The van der Waals surface area contributed by atoms with Crippen molar-refractivity contribution in [3.05, 3.63) is 63.7 Å². The lowest BCUT2D eigenvalue weighted by Crippen LogP contribution is -1.91. The maximum absolute atomic E-state index is 10.8. The first kappa shape index (κ1) is 14.7. The van der Waals surface area contributed by atoms with Crippen LogP contribution in [0, 0.1) is 10.1 Å². The van der Waals surface area contributed by atoms with Gasteiger partial charge >= 0.3 is 5.69 Å². The van der Waals surface area contributed by atoms with Crippen LogP contribution in [0.1, 0.15) is 30.9 Å². The molecule has 5 nitrogen and oxygen atoms in total. The van der Waals surface area contributed by atoms with Crippen molar-refractivity contribution in [1.29, 1.82) is 0 Å². The monoisotopic (exact) mass is 284 g/mol. The van der Waals surface area contributed by atoms with Gasteiger partial charge in [-0.3, -0.25) is 15.1 Å². The second kappa shape index (κ2) is 6.17. The maximum Gasteiger partial charge on any atom is 0.311 e. The normalized spacial score (nSPS) is 11.2. The van der Waals surface area contributed by atoms with Gasteiger partial charge in [0.15, 0.2) is 0 Å².